The fourth-order valence-corrected chi connectivity index (χ4v) is 2.87. The molecule has 0 aliphatic rings. The van der Waals surface area contributed by atoms with E-state index in [1.54, 1.807) is 11.3 Å². The Morgan fingerprint density at radius 1 is 1.53 bits per heavy atom. The zero-order valence-electron chi connectivity index (χ0n) is 9.05. The van der Waals surface area contributed by atoms with Gasteiger partial charge in [0.05, 0.1) is 5.54 Å². The third-order valence-electron chi connectivity index (χ3n) is 2.77. The van der Waals surface area contributed by atoms with E-state index in [-0.39, 0.29) is 5.78 Å². The van der Waals surface area contributed by atoms with Crippen LogP contribution in [0, 0.1) is 0 Å². The highest BCUT2D eigenvalue weighted by Gasteiger charge is 2.29. The number of carbonyl (C=O) groups is 1. The Balaban J connectivity index is 2.70. The zero-order chi connectivity index (χ0) is 11.5. The highest BCUT2D eigenvalue weighted by Crippen LogP contribution is 2.23. The minimum absolute atomic E-state index is 0.141. The first-order valence-corrected chi connectivity index (χ1v) is 6.74. The molecule has 0 radical (unpaired) electrons. The Morgan fingerprint density at radius 3 is 2.53 bits per heavy atom. The minimum atomic E-state index is -0.642. The van der Waals surface area contributed by atoms with Gasteiger partial charge in [0, 0.05) is 21.2 Å². The molecule has 0 atom stereocenters. The number of hydrogen-bond donors (Lipinski definition) is 1. The van der Waals surface area contributed by atoms with Gasteiger partial charge < -0.3 is 5.73 Å². The summed E-state index contributed by atoms with van der Waals surface area (Å²) in [6.07, 6.45) is 1.86. The molecule has 0 aliphatic heterocycles. The number of halogens is 1. The van der Waals surface area contributed by atoms with Crippen molar-refractivity contribution in [3.8, 4) is 0 Å². The van der Waals surface area contributed by atoms with Crippen LogP contribution in [0.3, 0.4) is 0 Å². The van der Waals surface area contributed by atoms with Gasteiger partial charge in [0.1, 0.15) is 0 Å². The Bertz CT molecular complexity index is 344. The van der Waals surface area contributed by atoms with Gasteiger partial charge in [-0.3, -0.25) is 4.79 Å². The van der Waals surface area contributed by atoms with Gasteiger partial charge in [-0.2, -0.15) is 0 Å². The van der Waals surface area contributed by atoms with Crippen LogP contribution in [-0.2, 0) is 11.2 Å². The van der Waals surface area contributed by atoms with Crippen molar-refractivity contribution in [2.45, 2.75) is 38.6 Å². The topological polar surface area (TPSA) is 43.1 Å². The number of thiophene rings is 1. The smallest absolute Gasteiger partial charge is 0.157 e. The summed E-state index contributed by atoms with van der Waals surface area (Å²) in [6, 6.07) is 1.98. The molecule has 0 fully saturated rings. The molecule has 1 aromatic heterocycles. The minimum Gasteiger partial charge on any atom is -0.319 e. The SMILES string of the molecule is CCC(N)(CC)C(=O)Cc1cc(Br)cs1. The Labute approximate surface area is 103 Å². The van der Waals surface area contributed by atoms with Crippen LogP contribution in [0.4, 0.5) is 0 Å². The maximum Gasteiger partial charge on any atom is 0.157 e. The first kappa shape index (κ1) is 12.9. The van der Waals surface area contributed by atoms with E-state index in [1.165, 1.54) is 0 Å². The fraction of sp³-hybridized carbons (Fsp3) is 0.545. The van der Waals surface area contributed by atoms with Gasteiger partial charge in [-0.1, -0.05) is 13.8 Å². The molecule has 2 nitrogen and oxygen atoms in total. The van der Waals surface area contributed by atoms with Crippen molar-refractivity contribution >= 4 is 33.0 Å². The summed E-state index contributed by atoms with van der Waals surface area (Å²) >= 11 is 4.97. The van der Waals surface area contributed by atoms with Crippen molar-refractivity contribution in [3.05, 3.63) is 20.8 Å². The van der Waals surface area contributed by atoms with E-state index >= 15 is 0 Å². The molecule has 1 aromatic rings. The summed E-state index contributed by atoms with van der Waals surface area (Å²) < 4.78 is 1.03. The summed E-state index contributed by atoms with van der Waals surface area (Å²) in [5, 5.41) is 1.98. The van der Waals surface area contributed by atoms with Crippen LogP contribution < -0.4 is 5.73 Å². The molecule has 0 saturated heterocycles. The third kappa shape index (κ3) is 3.13. The quantitative estimate of drug-likeness (QED) is 0.905. The molecule has 84 valence electrons. The molecule has 2 N–H and O–H groups in total. The molecule has 0 spiro atoms. The zero-order valence-corrected chi connectivity index (χ0v) is 11.5. The van der Waals surface area contributed by atoms with Crippen LogP contribution in [0.1, 0.15) is 31.6 Å². The Morgan fingerprint density at radius 2 is 2.13 bits per heavy atom. The maximum atomic E-state index is 12.0. The van der Waals surface area contributed by atoms with Crippen molar-refractivity contribution in [2.24, 2.45) is 5.73 Å². The number of hydrogen-bond acceptors (Lipinski definition) is 3. The molecule has 0 amide bonds. The summed E-state index contributed by atoms with van der Waals surface area (Å²) in [6.45, 7) is 3.93. The largest absolute Gasteiger partial charge is 0.319 e. The average molecular weight is 290 g/mol. The first-order chi connectivity index (χ1) is 7.01. The van der Waals surface area contributed by atoms with Crippen molar-refractivity contribution in [1.82, 2.24) is 0 Å². The van der Waals surface area contributed by atoms with Crippen LogP contribution in [0.15, 0.2) is 15.9 Å². The summed E-state index contributed by atoms with van der Waals surface area (Å²) in [7, 11) is 0. The summed E-state index contributed by atoms with van der Waals surface area (Å²) in [5.41, 5.74) is 5.40. The highest BCUT2D eigenvalue weighted by molar-refractivity contribution is 9.10. The maximum absolute atomic E-state index is 12.0. The second-order valence-electron chi connectivity index (χ2n) is 3.69. The van der Waals surface area contributed by atoms with Crippen molar-refractivity contribution in [1.29, 1.82) is 0 Å². The van der Waals surface area contributed by atoms with E-state index in [1.807, 2.05) is 25.3 Å². The molecule has 0 saturated carbocycles. The molecule has 1 rings (SSSR count). The van der Waals surface area contributed by atoms with Gasteiger partial charge in [0.25, 0.3) is 0 Å². The van der Waals surface area contributed by atoms with E-state index in [0.29, 0.717) is 19.3 Å². The van der Waals surface area contributed by atoms with Gasteiger partial charge >= 0.3 is 0 Å². The van der Waals surface area contributed by atoms with E-state index < -0.39 is 5.54 Å². The van der Waals surface area contributed by atoms with Gasteiger partial charge in [-0.05, 0) is 34.8 Å². The van der Waals surface area contributed by atoms with Crippen molar-refractivity contribution in [2.75, 3.05) is 0 Å². The lowest BCUT2D eigenvalue weighted by Crippen LogP contribution is -2.47. The standard InChI is InChI=1S/C11H16BrNOS/c1-3-11(13,4-2)10(14)6-9-5-8(12)7-15-9/h5,7H,3-4,6,13H2,1-2H3. The van der Waals surface area contributed by atoms with E-state index in [4.69, 9.17) is 5.73 Å². The van der Waals surface area contributed by atoms with E-state index in [0.717, 1.165) is 9.35 Å². The van der Waals surface area contributed by atoms with Gasteiger partial charge in [0.2, 0.25) is 0 Å². The molecular weight excluding hydrogens is 274 g/mol. The average Bonchev–Trinajstić information content (AvgIpc) is 2.62. The van der Waals surface area contributed by atoms with E-state index in [9.17, 15) is 4.79 Å². The summed E-state index contributed by atoms with van der Waals surface area (Å²) in [4.78, 5) is 13.0. The predicted molar refractivity (Wildman–Crippen MR) is 68.2 cm³/mol. The second kappa shape index (κ2) is 5.23. The number of rotatable bonds is 5. The lowest BCUT2D eigenvalue weighted by molar-refractivity contribution is -0.123. The molecule has 0 aliphatic carbocycles. The van der Waals surface area contributed by atoms with Gasteiger partial charge in [0.15, 0.2) is 5.78 Å². The second-order valence-corrected chi connectivity index (χ2v) is 5.61. The molecule has 0 unspecified atom stereocenters. The third-order valence-corrected chi connectivity index (χ3v) is 4.47. The van der Waals surface area contributed by atoms with Gasteiger partial charge in [-0.15, -0.1) is 11.3 Å². The number of nitrogens with two attached hydrogens (primary N) is 1. The predicted octanol–water partition coefficient (Wildman–Crippen LogP) is 3.14. The lowest BCUT2D eigenvalue weighted by Gasteiger charge is -2.24. The monoisotopic (exact) mass is 289 g/mol. The highest BCUT2D eigenvalue weighted by atomic mass is 79.9. The summed E-state index contributed by atoms with van der Waals surface area (Å²) in [5.74, 6) is 0.141. The van der Waals surface area contributed by atoms with Crippen LogP contribution in [-0.4, -0.2) is 11.3 Å². The molecular formula is C11H16BrNOS. The van der Waals surface area contributed by atoms with Gasteiger partial charge in [-0.25, -0.2) is 0 Å². The molecule has 0 aromatic carbocycles. The number of Topliss-reactive ketones (excluding diaryl/α,β-unsaturated/α-hetero) is 1. The Hall–Kier alpha value is -0.190. The molecule has 0 bridgehead atoms. The Kier molecular flexibility index (Phi) is 4.49. The molecule has 15 heavy (non-hydrogen) atoms. The number of ketones is 1. The molecule has 1 heterocycles. The fourth-order valence-electron chi connectivity index (χ4n) is 1.43. The van der Waals surface area contributed by atoms with E-state index in [2.05, 4.69) is 15.9 Å². The normalized spacial score (nSPS) is 11.7. The van der Waals surface area contributed by atoms with Crippen LogP contribution in [0.5, 0.6) is 0 Å². The van der Waals surface area contributed by atoms with Crippen molar-refractivity contribution in [3.63, 3.8) is 0 Å². The first-order valence-electron chi connectivity index (χ1n) is 5.07. The van der Waals surface area contributed by atoms with Crippen molar-refractivity contribution < 1.29 is 4.79 Å². The lowest BCUT2D eigenvalue weighted by atomic mass is 9.87. The van der Waals surface area contributed by atoms with Crippen LogP contribution >= 0.6 is 27.3 Å². The molecule has 4 heteroatoms. The van der Waals surface area contributed by atoms with Crippen LogP contribution in [0.25, 0.3) is 0 Å². The number of carbonyl (C=O) groups excluding carboxylic acids is 1. The van der Waals surface area contributed by atoms with Crippen LogP contribution in [0.2, 0.25) is 0 Å².